The summed E-state index contributed by atoms with van der Waals surface area (Å²) in [5.74, 6) is 0. The van der Waals surface area contributed by atoms with Crippen LogP contribution in [0.25, 0.3) is 104 Å². The SMILES string of the molecule is c1ccc2c(c1)[SiH2]c1cc(-n3c4ccc(-c5cc6ccccc6c6ccccc56)cc4c4cc(-c5cc6ccccc6c6ccccc56)ccc43)ccc1-2. The Hall–Kier alpha value is -6.74. The fraction of sp³-hybridized carbons (Fsp3) is 0. The molecule has 1 aliphatic rings. The molecule has 0 unspecified atom stereocenters. The number of hydrogen-bond acceptors (Lipinski definition) is 0. The normalized spacial score (nSPS) is 12.8. The first kappa shape index (κ1) is 29.8. The third-order valence-corrected chi connectivity index (χ3v) is 13.9. The minimum Gasteiger partial charge on any atom is -0.309 e. The predicted octanol–water partition coefficient (Wildman–Crippen LogP) is 11.8. The van der Waals surface area contributed by atoms with E-state index in [1.54, 1.807) is 5.19 Å². The Balaban J connectivity index is 1.13. The molecular weight excluding hydrogens is 667 g/mol. The predicted molar refractivity (Wildman–Crippen MR) is 235 cm³/mol. The summed E-state index contributed by atoms with van der Waals surface area (Å²) in [6.07, 6.45) is 0. The molecular formula is C52H33NSi. The van der Waals surface area contributed by atoms with Crippen LogP contribution in [0, 0.1) is 0 Å². The van der Waals surface area contributed by atoms with Gasteiger partial charge in [0.1, 0.15) is 0 Å². The van der Waals surface area contributed by atoms with Gasteiger partial charge >= 0.3 is 0 Å². The number of aromatic nitrogens is 1. The number of hydrogen-bond donors (Lipinski definition) is 0. The van der Waals surface area contributed by atoms with Gasteiger partial charge in [0.05, 0.1) is 20.6 Å². The second kappa shape index (κ2) is 11.4. The molecule has 1 nitrogen and oxygen atoms in total. The van der Waals surface area contributed by atoms with E-state index < -0.39 is 9.52 Å². The number of rotatable bonds is 3. The lowest BCUT2D eigenvalue weighted by molar-refractivity contribution is 1.18. The first-order valence-corrected chi connectivity index (χ1v) is 20.3. The van der Waals surface area contributed by atoms with Gasteiger partial charge < -0.3 is 4.57 Å². The third-order valence-electron chi connectivity index (χ3n) is 12.0. The maximum Gasteiger partial charge on any atom is 0.0892 e. The van der Waals surface area contributed by atoms with Crippen molar-refractivity contribution in [1.82, 2.24) is 4.57 Å². The van der Waals surface area contributed by atoms with Crippen LogP contribution < -0.4 is 10.4 Å². The Bertz CT molecular complexity index is 3190. The van der Waals surface area contributed by atoms with Gasteiger partial charge in [0.25, 0.3) is 0 Å². The zero-order valence-electron chi connectivity index (χ0n) is 29.6. The van der Waals surface area contributed by atoms with Crippen molar-refractivity contribution in [2.24, 2.45) is 0 Å². The van der Waals surface area contributed by atoms with Crippen molar-refractivity contribution < 1.29 is 0 Å². The van der Waals surface area contributed by atoms with Crippen LogP contribution in [0.15, 0.2) is 188 Å². The minimum atomic E-state index is -0.544. The molecule has 250 valence electrons. The Morgan fingerprint density at radius 1 is 0.296 bits per heavy atom. The Morgan fingerprint density at radius 3 is 1.37 bits per heavy atom. The highest BCUT2D eigenvalue weighted by Gasteiger charge is 2.21. The van der Waals surface area contributed by atoms with Crippen molar-refractivity contribution in [2.75, 3.05) is 0 Å². The molecule has 1 aromatic heterocycles. The van der Waals surface area contributed by atoms with E-state index in [0.29, 0.717) is 0 Å². The molecule has 0 amide bonds. The molecule has 0 bridgehead atoms. The maximum atomic E-state index is 2.51. The van der Waals surface area contributed by atoms with E-state index in [1.165, 1.54) is 109 Å². The summed E-state index contributed by atoms with van der Waals surface area (Å²) < 4.78 is 2.51. The highest BCUT2D eigenvalue weighted by atomic mass is 28.2. The van der Waals surface area contributed by atoms with Gasteiger partial charge in [-0.3, -0.25) is 0 Å². The lowest BCUT2D eigenvalue weighted by Crippen LogP contribution is -2.21. The molecule has 0 aliphatic carbocycles. The highest BCUT2D eigenvalue weighted by Crippen LogP contribution is 2.42. The van der Waals surface area contributed by atoms with Crippen LogP contribution in [-0.2, 0) is 0 Å². The summed E-state index contributed by atoms with van der Waals surface area (Å²) in [5, 5.41) is 15.9. The topological polar surface area (TPSA) is 4.93 Å². The molecule has 12 rings (SSSR count). The standard InChI is InChI=1S/C52H33NSi/c1-3-13-37-32(11-1)27-45(41-17-7-5-15-39(37)41)34-21-25-49-47(29-34)48-30-35(46-28-33-12-2-4-14-38(33)40-16-6-8-18-42(40)46)22-26-50(48)53(49)36-23-24-44-43-19-9-10-20-51(43)54-52(44)31-36/h1-31H,54H2. The molecule has 0 N–H and O–H groups in total. The van der Waals surface area contributed by atoms with E-state index in [-0.39, 0.29) is 0 Å². The lowest BCUT2D eigenvalue weighted by Gasteiger charge is -2.13. The van der Waals surface area contributed by atoms with Gasteiger partial charge in [-0.1, -0.05) is 150 Å². The van der Waals surface area contributed by atoms with Gasteiger partial charge in [0.15, 0.2) is 0 Å². The maximum absolute atomic E-state index is 2.51. The second-order valence-electron chi connectivity index (χ2n) is 14.9. The lowest BCUT2D eigenvalue weighted by atomic mass is 9.92. The van der Waals surface area contributed by atoms with Crippen molar-refractivity contribution in [3.63, 3.8) is 0 Å². The van der Waals surface area contributed by atoms with E-state index in [9.17, 15) is 0 Å². The number of nitrogens with zero attached hydrogens (tertiary/aromatic N) is 1. The van der Waals surface area contributed by atoms with Crippen LogP contribution in [0.4, 0.5) is 0 Å². The van der Waals surface area contributed by atoms with Gasteiger partial charge in [0, 0.05) is 16.5 Å². The quantitative estimate of drug-likeness (QED) is 0.128. The summed E-state index contributed by atoms with van der Waals surface area (Å²) >= 11 is 0. The molecule has 1 aliphatic heterocycles. The van der Waals surface area contributed by atoms with Gasteiger partial charge in [-0.25, -0.2) is 0 Å². The fourth-order valence-electron chi connectivity index (χ4n) is 9.49. The molecule has 0 radical (unpaired) electrons. The second-order valence-corrected chi connectivity index (χ2v) is 16.7. The Kier molecular flexibility index (Phi) is 6.28. The first-order chi connectivity index (χ1) is 26.8. The molecule has 11 aromatic rings. The molecule has 0 saturated heterocycles. The third kappa shape index (κ3) is 4.32. The van der Waals surface area contributed by atoms with Crippen molar-refractivity contribution >= 4 is 84.8 Å². The van der Waals surface area contributed by atoms with E-state index in [1.807, 2.05) is 0 Å². The number of benzene rings is 10. The van der Waals surface area contributed by atoms with E-state index in [4.69, 9.17) is 0 Å². The summed E-state index contributed by atoms with van der Waals surface area (Å²) in [6, 6.07) is 70.5. The van der Waals surface area contributed by atoms with Gasteiger partial charge in [-0.15, -0.1) is 0 Å². The highest BCUT2D eigenvalue weighted by molar-refractivity contribution is 6.73. The molecule has 54 heavy (non-hydrogen) atoms. The minimum absolute atomic E-state index is 0.544. The van der Waals surface area contributed by atoms with E-state index >= 15 is 0 Å². The molecule has 0 fully saturated rings. The van der Waals surface area contributed by atoms with Crippen LogP contribution in [-0.4, -0.2) is 14.1 Å². The van der Waals surface area contributed by atoms with Crippen LogP contribution in [0.5, 0.6) is 0 Å². The van der Waals surface area contributed by atoms with Crippen LogP contribution in [0.2, 0.25) is 0 Å². The summed E-state index contributed by atoms with van der Waals surface area (Å²) in [6.45, 7) is 0. The van der Waals surface area contributed by atoms with Crippen LogP contribution in [0.3, 0.4) is 0 Å². The zero-order chi connectivity index (χ0) is 35.3. The smallest absolute Gasteiger partial charge is 0.0892 e. The Labute approximate surface area is 315 Å². The molecule has 10 aromatic carbocycles. The number of fused-ring (bicyclic) bond motifs is 12. The average molecular weight is 700 g/mol. The fourth-order valence-corrected chi connectivity index (χ4v) is 11.5. The van der Waals surface area contributed by atoms with E-state index in [0.717, 1.165) is 0 Å². The largest absolute Gasteiger partial charge is 0.309 e. The average Bonchev–Trinajstić information content (AvgIpc) is 3.77. The van der Waals surface area contributed by atoms with Crippen LogP contribution in [0.1, 0.15) is 0 Å². The summed E-state index contributed by atoms with van der Waals surface area (Å²) in [7, 11) is -0.544. The van der Waals surface area contributed by atoms with Gasteiger partial charge in [-0.05, 0) is 125 Å². The van der Waals surface area contributed by atoms with Crippen molar-refractivity contribution in [2.45, 2.75) is 0 Å². The molecule has 0 spiro atoms. The van der Waals surface area contributed by atoms with E-state index in [2.05, 4.69) is 193 Å². The Morgan fingerprint density at radius 2 is 0.778 bits per heavy atom. The van der Waals surface area contributed by atoms with Crippen LogP contribution >= 0.6 is 0 Å². The summed E-state index contributed by atoms with van der Waals surface area (Å²) in [4.78, 5) is 0. The van der Waals surface area contributed by atoms with Gasteiger partial charge in [0.2, 0.25) is 0 Å². The van der Waals surface area contributed by atoms with Crippen molar-refractivity contribution in [1.29, 1.82) is 0 Å². The first-order valence-electron chi connectivity index (χ1n) is 18.9. The molecule has 0 atom stereocenters. The van der Waals surface area contributed by atoms with Crippen molar-refractivity contribution in [3.8, 4) is 39.1 Å². The monoisotopic (exact) mass is 699 g/mol. The molecule has 2 heteroatoms. The zero-order valence-corrected chi connectivity index (χ0v) is 31.0. The molecule has 2 heterocycles. The van der Waals surface area contributed by atoms with Crippen molar-refractivity contribution in [3.05, 3.63) is 188 Å². The summed E-state index contributed by atoms with van der Waals surface area (Å²) in [5.41, 5.74) is 11.6. The van der Waals surface area contributed by atoms with Gasteiger partial charge in [-0.2, -0.15) is 0 Å². The molecule has 0 saturated carbocycles.